The fourth-order valence-corrected chi connectivity index (χ4v) is 0.415. The molecule has 0 rings (SSSR count). The first-order chi connectivity index (χ1) is 4.16. The third-order valence-electron chi connectivity index (χ3n) is 0.629. The summed E-state index contributed by atoms with van der Waals surface area (Å²) in [6.07, 6.45) is -0.0485. The Morgan fingerprint density at radius 3 is 2.44 bits per heavy atom. The van der Waals surface area contributed by atoms with E-state index >= 15 is 0 Å². The van der Waals surface area contributed by atoms with Crippen molar-refractivity contribution in [2.75, 3.05) is 13.7 Å². The molecule has 0 fully saturated rings. The molecule has 0 aliphatic carbocycles. The maximum absolute atomic E-state index is 10.5. The van der Waals surface area contributed by atoms with Crippen LogP contribution in [0.2, 0.25) is 0 Å². The van der Waals surface area contributed by atoms with Gasteiger partial charge in [-0.15, -0.1) is 0 Å². The molecule has 3 nitrogen and oxygen atoms in total. The van der Waals surface area contributed by atoms with Crippen molar-refractivity contribution < 1.29 is 14.3 Å². The molecular formula is C6H12O3. The molecule has 0 N–H and O–H groups in total. The Kier molecular flexibility index (Phi) is 4.05. The first-order valence-corrected chi connectivity index (χ1v) is 2.85. The molecule has 0 aromatic carbocycles. The minimum absolute atomic E-state index is 0.0399. The summed E-state index contributed by atoms with van der Waals surface area (Å²) in [7, 11) is 1.46. The second-order valence-corrected chi connectivity index (χ2v) is 1.97. The Balaban J connectivity index is 3.27. The molecular weight excluding hydrogens is 120 g/mol. The van der Waals surface area contributed by atoms with Crippen LogP contribution in [0.5, 0.6) is 0 Å². The molecule has 0 saturated heterocycles. The van der Waals surface area contributed by atoms with Gasteiger partial charge in [0, 0.05) is 7.11 Å². The Morgan fingerprint density at radius 2 is 2.11 bits per heavy atom. The second kappa shape index (κ2) is 4.32. The first-order valence-electron chi connectivity index (χ1n) is 2.85. The van der Waals surface area contributed by atoms with Gasteiger partial charge in [-0.05, 0) is 13.8 Å². The molecule has 0 spiro atoms. The smallest absolute Gasteiger partial charge is 0.332 e. The largest absolute Gasteiger partial charge is 0.461 e. The number of esters is 1. The van der Waals surface area contributed by atoms with Gasteiger partial charge in [0.1, 0.15) is 6.61 Å². The molecule has 0 aliphatic rings. The fraction of sp³-hybridized carbons (Fsp3) is 0.833. The van der Waals surface area contributed by atoms with Gasteiger partial charge in [0.15, 0.2) is 0 Å². The SMILES string of the molecule is COCC(=O)OC(C)C. The van der Waals surface area contributed by atoms with Crippen LogP contribution >= 0.6 is 0 Å². The van der Waals surface area contributed by atoms with Gasteiger partial charge in [0.2, 0.25) is 0 Å². The zero-order chi connectivity index (χ0) is 7.28. The molecule has 0 saturated carbocycles. The molecule has 0 unspecified atom stereocenters. The lowest BCUT2D eigenvalue weighted by Gasteiger charge is -2.05. The summed E-state index contributed by atoms with van der Waals surface area (Å²) in [5, 5.41) is 0. The highest BCUT2D eigenvalue weighted by Crippen LogP contribution is 1.87. The summed E-state index contributed by atoms with van der Waals surface area (Å²) in [4.78, 5) is 10.5. The van der Waals surface area contributed by atoms with Crippen LogP contribution in [0.4, 0.5) is 0 Å². The molecule has 0 atom stereocenters. The Hall–Kier alpha value is -0.570. The van der Waals surface area contributed by atoms with E-state index < -0.39 is 0 Å². The van der Waals surface area contributed by atoms with Gasteiger partial charge in [-0.25, -0.2) is 4.79 Å². The van der Waals surface area contributed by atoms with Gasteiger partial charge in [-0.1, -0.05) is 0 Å². The Morgan fingerprint density at radius 1 is 1.56 bits per heavy atom. The predicted octanol–water partition coefficient (Wildman–Crippen LogP) is 0.584. The number of rotatable bonds is 3. The third-order valence-corrected chi connectivity index (χ3v) is 0.629. The van der Waals surface area contributed by atoms with Gasteiger partial charge >= 0.3 is 5.97 Å². The average Bonchev–Trinajstić information content (AvgIpc) is 1.63. The lowest BCUT2D eigenvalue weighted by molar-refractivity contribution is -0.151. The summed E-state index contributed by atoms with van der Waals surface area (Å²) < 4.78 is 9.26. The van der Waals surface area contributed by atoms with Crippen LogP contribution < -0.4 is 0 Å². The van der Waals surface area contributed by atoms with Crippen molar-refractivity contribution in [3.63, 3.8) is 0 Å². The molecule has 0 aliphatic heterocycles. The minimum atomic E-state index is -0.312. The van der Waals surface area contributed by atoms with E-state index in [-0.39, 0.29) is 18.7 Å². The third kappa shape index (κ3) is 5.30. The number of ether oxygens (including phenoxy) is 2. The average molecular weight is 132 g/mol. The first kappa shape index (κ1) is 8.43. The van der Waals surface area contributed by atoms with E-state index in [0.717, 1.165) is 0 Å². The van der Waals surface area contributed by atoms with Gasteiger partial charge in [0.05, 0.1) is 6.10 Å². The molecule has 0 bridgehead atoms. The highest BCUT2D eigenvalue weighted by atomic mass is 16.6. The fourth-order valence-electron chi connectivity index (χ4n) is 0.415. The molecule has 0 aromatic rings. The van der Waals surface area contributed by atoms with E-state index in [1.165, 1.54) is 7.11 Å². The second-order valence-electron chi connectivity index (χ2n) is 1.97. The molecule has 9 heavy (non-hydrogen) atoms. The van der Waals surface area contributed by atoms with E-state index in [1.54, 1.807) is 13.8 Å². The number of hydrogen-bond donors (Lipinski definition) is 0. The maximum Gasteiger partial charge on any atom is 0.332 e. The van der Waals surface area contributed by atoms with Gasteiger partial charge in [0.25, 0.3) is 0 Å². The number of carbonyl (C=O) groups is 1. The van der Waals surface area contributed by atoms with E-state index in [2.05, 4.69) is 4.74 Å². The van der Waals surface area contributed by atoms with E-state index in [1.807, 2.05) is 0 Å². The van der Waals surface area contributed by atoms with Crippen LogP contribution in [0.15, 0.2) is 0 Å². The monoisotopic (exact) mass is 132 g/mol. The maximum atomic E-state index is 10.5. The lowest BCUT2D eigenvalue weighted by atomic mass is 10.5. The van der Waals surface area contributed by atoms with Gasteiger partial charge in [-0.2, -0.15) is 0 Å². The van der Waals surface area contributed by atoms with Crippen molar-refractivity contribution >= 4 is 5.97 Å². The van der Waals surface area contributed by atoms with Gasteiger partial charge in [-0.3, -0.25) is 0 Å². The van der Waals surface area contributed by atoms with Crippen molar-refractivity contribution in [3.8, 4) is 0 Å². The lowest BCUT2D eigenvalue weighted by Crippen LogP contribution is -2.15. The summed E-state index contributed by atoms with van der Waals surface area (Å²) >= 11 is 0. The van der Waals surface area contributed by atoms with Crippen molar-refractivity contribution in [2.24, 2.45) is 0 Å². The van der Waals surface area contributed by atoms with Crippen LogP contribution in [0.25, 0.3) is 0 Å². The summed E-state index contributed by atoms with van der Waals surface area (Å²) in [6.45, 7) is 3.64. The van der Waals surface area contributed by atoms with Crippen molar-refractivity contribution in [3.05, 3.63) is 0 Å². The van der Waals surface area contributed by atoms with E-state index in [4.69, 9.17) is 4.74 Å². The zero-order valence-electron chi connectivity index (χ0n) is 6.01. The summed E-state index contributed by atoms with van der Waals surface area (Å²) in [5.74, 6) is -0.312. The summed E-state index contributed by atoms with van der Waals surface area (Å²) in [5.41, 5.74) is 0. The topological polar surface area (TPSA) is 35.5 Å². The van der Waals surface area contributed by atoms with E-state index in [9.17, 15) is 4.79 Å². The van der Waals surface area contributed by atoms with Crippen LogP contribution in [0.3, 0.4) is 0 Å². The highest BCUT2D eigenvalue weighted by Gasteiger charge is 2.02. The molecule has 0 heterocycles. The van der Waals surface area contributed by atoms with Crippen LogP contribution in [0.1, 0.15) is 13.8 Å². The Bertz CT molecular complexity index is 88.3. The molecule has 0 aromatic heterocycles. The van der Waals surface area contributed by atoms with Crippen LogP contribution in [0, 0.1) is 0 Å². The van der Waals surface area contributed by atoms with Gasteiger partial charge < -0.3 is 9.47 Å². The normalized spacial score (nSPS) is 9.78. The summed E-state index contributed by atoms with van der Waals surface area (Å²) in [6, 6.07) is 0. The number of carbonyl (C=O) groups excluding carboxylic acids is 1. The molecule has 0 radical (unpaired) electrons. The van der Waals surface area contributed by atoms with Crippen LogP contribution in [-0.4, -0.2) is 25.8 Å². The molecule has 3 heteroatoms. The standard InChI is InChI=1S/C6H12O3/c1-5(2)9-6(7)4-8-3/h5H,4H2,1-3H3. The predicted molar refractivity (Wildman–Crippen MR) is 33.1 cm³/mol. The van der Waals surface area contributed by atoms with E-state index in [0.29, 0.717) is 0 Å². The van der Waals surface area contributed by atoms with Crippen LogP contribution in [-0.2, 0) is 14.3 Å². The van der Waals surface area contributed by atoms with Crippen molar-refractivity contribution in [2.45, 2.75) is 20.0 Å². The quantitative estimate of drug-likeness (QED) is 0.527. The molecule has 0 amide bonds. The molecule has 54 valence electrons. The Labute approximate surface area is 55.0 Å². The minimum Gasteiger partial charge on any atom is -0.461 e. The van der Waals surface area contributed by atoms with Crippen molar-refractivity contribution in [1.82, 2.24) is 0 Å². The highest BCUT2D eigenvalue weighted by molar-refractivity contribution is 5.70. The van der Waals surface area contributed by atoms with Crippen molar-refractivity contribution in [1.29, 1.82) is 0 Å². The number of hydrogen-bond acceptors (Lipinski definition) is 3. The number of methoxy groups -OCH3 is 1. The zero-order valence-corrected chi connectivity index (χ0v) is 6.01.